The highest BCUT2D eigenvalue weighted by atomic mass is 32.2. The van der Waals surface area contributed by atoms with E-state index in [0.29, 0.717) is 30.4 Å². The SMILES string of the molecule is CCS(=O)(=O)C1(N2C(=O)c3ccccc3C2=O)CCC1. The first-order chi connectivity index (χ1) is 9.44. The number of amides is 2. The molecule has 6 heteroatoms. The highest BCUT2D eigenvalue weighted by Gasteiger charge is 2.59. The second kappa shape index (κ2) is 4.15. The van der Waals surface area contributed by atoms with E-state index in [0.717, 1.165) is 4.90 Å². The summed E-state index contributed by atoms with van der Waals surface area (Å²) in [6.07, 6.45) is 1.40. The van der Waals surface area contributed by atoms with Gasteiger partial charge in [0.15, 0.2) is 14.7 Å². The van der Waals surface area contributed by atoms with Gasteiger partial charge in [-0.25, -0.2) is 8.42 Å². The molecule has 1 aromatic carbocycles. The average molecular weight is 293 g/mol. The molecule has 5 nitrogen and oxygen atoms in total. The Morgan fingerprint density at radius 3 is 1.95 bits per heavy atom. The van der Waals surface area contributed by atoms with Crippen LogP contribution in [0, 0.1) is 0 Å². The lowest BCUT2D eigenvalue weighted by Gasteiger charge is -2.46. The largest absolute Gasteiger partial charge is 0.269 e. The fraction of sp³-hybridized carbons (Fsp3) is 0.429. The van der Waals surface area contributed by atoms with Crippen molar-refractivity contribution in [3.8, 4) is 0 Å². The van der Waals surface area contributed by atoms with Crippen molar-refractivity contribution in [1.29, 1.82) is 0 Å². The zero-order valence-electron chi connectivity index (χ0n) is 11.1. The van der Waals surface area contributed by atoms with Crippen molar-refractivity contribution in [3.05, 3.63) is 35.4 Å². The number of carbonyl (C=O) groups excluding carboxylic acids is 2. The Morgan fingerprint density at radius 1 is 1.10 bits per heavy atom. The summed E-state index contributed by atoms with van der Waals surface area (Å²) in [5, 5.41) is 0. The van der Waals surface area contributed by atoms with E-state index in [4.69, 9.17) is 0 Å². The average Bonchev–Trinajstić information content (AvgIpc) is 2.63. The molecule has 1 aliphatic carbocycles. The highest BCUT2D eigenvalue weighted by Crippen LogP contribution is 2.46. The van der Waals surface area contributed by atoms with E-state index in [1.807, 2.05) is 0 Å². The second-order valence-corrected chi connectivity index (χ2v) is 7.76. The van der Waals surface area contributed by atoms with Crippen molar-refractivity contribution in [1.82, 2.24) is 4.90 Å². The van der Waals surface area contributed by atoms with Gasteiger partial charge in [0, 0.05) is 5.75 Å². The third-order valence-electron chi connectivity index (χ3n) is 4.30. The van der Waals surface area contributed by atoms with Crippen LogP contribution in [0.25, 0.3) is 0 Å². The number of benzene rings is 1. The standard InChI is InChI=1S/C14H15NO4S/c1-2-20(18,19)14(8-5-9-14)15-12(16)10-6-3-4-7-11(10)13(15)17/h3-4,6-7H,2,5,8-9H2,1H3. The van der Waals surface area contributed by atoms with E-state index in [9.17, 15) is 18.0 Å². The number of hydrogen-bond donors (Lipinski definition) is 0. The Hall–Kier alpha value is -1.69. The van der Waals surface area contributed by atoms with Gasteiger partial charge in [-0.1, -0.05) is 19.1 Å². The number of nitrogens with zero attached hydrogens (tertiary/aromatic N) is 1. The summed E-state index contributed by atoms with van der Waals surface area (Å²) in [6.45, 7) is 1.55. The van der Waals surface area contributed by atoms with E-state index in [1.54, 1.807) is 31.2 Å². The third kappa shape index (κ3) is 1.45. The van der Waals surface area contributed by atoms with Crippen molar-refractivity contribution >= 4 is 21.7 Å². The van der Waals surface area contributed by atoms with Gasteiger partial charge in [0.2, 0.25) is 0 Å². The van der Waals surface area contributed by atoms with Gasteiger partial charge in [-0.05, 0) is 31.4 Å². The van der Waals surface area contributed by atoms with Crippen LogP contribution in [0.2, 0.25) is 0 Å². The van der Waals surface area contributed by atoms with Gasteiger partial charge in [0.05, 0.1) is 11.1 Å². The molecule has 0 unspecified atom stereocenters. The number of imide groups is 1. The molecule has 2 amide bonds. The number of sulfone groups is 1. The summed E-state index contributed by atoms with van der Waals surface area (Å²) in [6, 6.07) is 6.49. The maximum absolute atomic E-state index is 12.4. The lowest BCUT2D eigenvalue weighted by atomic mass is 9.90. The highest BCUT2D eigenvalue weighted by molar-refractivity contribution is 7.92. The number of rotatable bonds is 3. The van der Waals surface area contributed by atoms with Crippen LogP contribution in [0.4, 0.5) is 0 Å². The normalized spacial score (nSPS) is 20.8. The molecule has 0 radical (unpaired) electrons. The van der Waals surface area contributed by atoms with Crippen molar-refractivity contribution in [3.63, 3.8) is 0 Å². The summed E-state index contributed by atoms with van der Waals surface area (Å²) in [7, 11) is -3.51. The van der Waals surface area contributed by atoms with Gasteiger partial charge >= 0.3 is 0 Å². The molecule has 106 valence electrons. The van der Waals surface area contributed by atoms with Crippen LogP contribution >= 0.6 is 0 Å². The van der Waals surface area contributed by atoms with Gasteiger partial charge in [-0.2, -0.15) is 0 Å². The minimum atomic E-state index is -3.51. The van der Waals surface area contributed by atoms with E-state index < -0.39 is 26.5 Å². The Balaban J connectivity index is 2.13. The molecule has 0 N–H and O–H groups in total. The molecule has 1 aromatic rings. The molecule has 0 bridgehead atoms. The first kappa shape index (κ1) is 13.3. The number of fused-ring (bicyclic) bond motifs is 1. The maximum Gasteiger partial charge on any atom is 0.262 e. The predicted molar refractivity (Wildman–Crippen MR) is 73.0 cm³/mol. The minimum Gasteiger partial charge on any atom is -0.269 e. The van der Waals surface area contributed by atoms with Gasteiger partial charge in [0.25, 0.3) is 11.8 Å². The Morgan fingerprint density at radius 2 is 1.60 bits per heavy atom. The maximum atomic E-state index is 12.4. The fourth-order valence-electron chi connectivity index (χ4n) is 2.98. The lowest BCUT2D eigenvalue weighted by Crippen LogP contribution is -2.61. The van der Waals surface area contributed by atoms with Crippen molar-refractivity contribution in [2.45, 2.75) is 31.1 Å². The van der Waals surface area contributed by atoms with Crippen LogP contribution in [0.1, 0.15) is 46.9 Å². The molecule has 1 heterocycles. The van der Waals surface area contributed by atoms with Crippen molar-refractivity contribution in [2.24, 2.45) is 0 Å². The number of carbonyl (C=O) groups is 2. The van der Waals surface area contributed by atoms with Crippen LogP contribution in [-0.4, -0.2) is 35.8 Å². The molecule has 1 aliphatic heterocycles. The Bertz CT molecular complexity index is 669. The Kier molecular flexibility index (Phi) is 2.76. The minimum absolute atomic E-state index is 0.0690. The van der Waals surface area contributed by atoms with Crippen molar-refractivity contribution in [2.75, 3.05) is 5.75 Å². The fourth-order valence-corrected chi connectivity index (χ4v) is 4.87. The molecule has 3 rings (SSSR count). The molecule has 0 atom stereocenters. The van der Waals surface area contributed by atoms with Crippen LogP contribution in [0.5, 0.6) is 0 Å². The molecule has 1 saturated carbocycles. The molecule has 2 aliphatic rings. The van der Waals surface area contributed by atoms with Crippen LogP contribution in [0.15, 0.2) is 24.3 Å². The summed E-state index contributed by atoms with van der Waals surface area (Å²) < 4.78 is 24.8. The van der Waals surface area contributed by atoms with Crippen LogP contribution in [0.3, 0.4) is 0 Å². The molecular weight excluding hydrogens is 278 g/mol. The van der Waals surface area contributed by atoms with Gasteiger partial charge in [-0.3, -0.25) is 14.5 Å². The summed E-state index contributed by atoms with van der Waals surface area (Å²) in [5.41, 5.74) is 0.602. The van der Waals surface area contributed by atoms with Gasteiger partial charge in [0.1, 0.15) is 0 Å². The first-order valence-corrected chi connectivity index (χ1v) is 8.30. The van der Waals surface area contributed by atoms with E-state index in [-0.39, 0.29) is 5.75 Å². The summed E-state index contributed by atoms with van der Waals surface area (Å²) >= 11 is 0. The molecular formula is C14H15NO4S. The quantitative estimate of drug-likeness (QED) is 0.794. The predicted octanol–water partition coefficient (Wildman–Crippen LogP) is 1.60. The molecule has 0 aromatic heterocycles. The molecule has 0 spiro atoms. The van der Waals surface area contributed by atoms with E-state index >= 15 is 0 Å². The lowest BCUT2D eigenvalue weighted by molar-refractivity contribution is 0.0424. The zero-order valence-corrected chi connectivity index (χ0v) is 11.9. The topological polar surface area (TPSA) is 71.5 Å². The van der Waals surface area contributed by atoms with Crippen LogP contribution < -0.4 is 0 Å². The van der Waals surface area contributed by atoms with Crippen molar-refractivity contribution < 1.29 is 18.0 Å². The molecule has 20 heavy (non-hydrogen) atoms. The monoisotopic (exact) mass is 293 g/mol. The summed E-state index contributed by atoms with van der Waals surface area (Å²) in [5.74, 6) is -1.04. The zero-order chi connectivity index (χ0) is 14.5. The van der Waals surface area contributed by atoms with Crippen LogP contribution in [-0.2, 0) is 9.84 Å². The second-order valence-electron chi connectivity index (χ2n) is 5.19. The number of hydrogen-bond acceptors (Lipinski definition) is 4. The molecule has 0 saturated heterocycles. The third-order valence-corrected chi connectivity index (χ3v) is 6.80. The Labute approximate surface area is 117 Å². The van der Waals surface area contributed by atoms with Gasteiger partial charge in [-0.15, -0.1) is 0 Å². The van der Waals surface area contributed by atoms with E-state index in [1.165, 1.54) is 0 Å². The van der Waals surface area contributed by atoms with Gasteiger partial charge < -0.3 is 0 Å². The van der Waals surface area contributed by atoms with E-state index in [2.05, 4.69) is 0 Å². The first-order valence-electron chi connectivity index (χ1n) is 6.65. The smallest absolute Gasteiger partial charge is 0.262 e. The molecule has 1 fully saturated rings. The summed E-state index contributed by atoms with van der Waals surface area (Å²) in [4.78, 5) is 24.6.